The number of aromatic nitrogens is 3. The van der Waals surface area contributed by atoms with Crippen molar-refractivity contribution in [3.63, 3.8) is 0 Å². The Kier molecular flexibility index (Phi) is 3.43. The van der Waals surface area contributed by atoms with Gasteiger partial charge in [-0.1, -0.05) is 19.3 Å². The highest BCUT2D eigenvalue weighted by molar-refractivity contribution is 6.07. The van der Waals surface area contributed by atoms with Crippen molar-refractivity contribution in [1.82, 2.24) is 25.0 Å². The number of rotatable bonds is 3. The molecule has 1 aromatic heterocycles. The predicted octanol–water partition coefficient (Wildman–Crippen LogP) is 1.61. The first-order valence-corrected chi connectivity index (χ1v) is 7.56. The van der Waals surface area contributed by atoms with E-state index in [1.165, 1.54) is 6.33 Å². The fourth-order valence-corrected chi connectivity index (χ4v) is 3.41. The third-order valence-electron chi connectivity index (χ3n) is 4.52. The lowest BCUT2D eigenvalue weighted by Crippen LogP contribution is -2.50. The van der Waals surface area contributed by atoms with Crippen molar-refractivity contribution in [3.8, 4) is 0 Å². The molecule has 0 radical (unpaired) electrons. The standard InChI is InChI=1S/C14H21N5O2/c1-10(2)19-11(15-9-16-19)8-18-13(21)17-12(20)14(18)6-4-3-5-7-14/h9-10H,3-8H2,1-2H3,(H,17,20,21). The van der Waals surface area contributed by atoms with E-state index in [9.17, 15) is 9.59 Å². The average Bonchev–Trinajstić information content (AvgIpc) is 3.00. The maximum Gasteiger partial charge on any atom is 0.325 e. The van der Waals surface area contributed by atoms with Crippen molar-refractivity contribution >= 4 is 11.9 Å². The zero-order valence-electron chi connectivity index (χ0n) is 12.5. The average molecular weight is 291 g/mol. The maximum absolute atomic E-state index is 12.3. The molecule has 1 aromatic rings. The Hall–Kier alpha value is -1.92. The molecule has 0 aromatic carbocycles. The van der Waals surface area contributed by atoms with Crippen LogP contribution in [0.3, 0.4) is 0 Å². The molecule has 0 unspecified atom stereocenters. The third-order valence-corrected chi connectivity index (χ3v) is 4.52. The minimum atomic E-state index is -0.677. The molecule has 0 atom stereocenters. The SMILES string of the molecule is CC(C)n1ncnc1CN1C(=O)NC(=O)C12CCCCC2. The van der Waals surface area contributed by atoms with E-state index in [1.807, 2.05) is 13.8 Å². The molecule has 0 bridgehead atoms. The van der Waals surface area contributed by atoms with Crippen LogP contribution in [-0.4, -0.2) is 37.1 Å². The highest BCUT2D eigenvalue weighted by atomic mass is 16.2. The van der Waals surface area contributed by atoms with Gasteiger partial charge in [-0.2, -0.15) is 5.10 Å². The van der Waals surface area contributed by atoms with Crippen LogP contribution in [0, 0.1) is 0 Å². The van der Waals surface area contributed by atoms with Crippen molar-refractivity contribution < 1.29 is 9.59 Å². The van der Waals surface area contributed by atoms with E-state index in [1.54, 1.807) is 9.58 Å². The minimum Gasteiger partial charge on any atom is -0.302 e. The molecule has 2 aliphatic rings. The Morgan fingerprint density at radius 2 is 2.00 bits per heavy atom. The minimum absolute atomic E-state index is 0.150. The van der Waals surface area contributed by atoms with Crippen LogP contribution in [-0.2, 0) is 11.3 Å². The van der Waals surface area contributed by atoms with Gasteiger partial charge in [-0.25, -0.2) is 14.5 Å². The van der Waals surface area contributed by atoms with Crippen LogP contribution in [0.2, 0.25) is 0 Å². The van der Waals surface area contributed by atoms with E-state index in [0.29, 0.717) is 6.54 Å². The summed E-state index contributed by atoms with van der Waals surface area (Å²) >= 11 is 0. The Morgan fingerprint density at radius 3 is 2.67 bits per heavy atom. The van der Waals surface area contributed by atoms with Crippen LogP contribution >= 0.6 is 0 Å². The van der Waals surface area contributed by atoms with Crippen LogP contribution in [0.4, 0.5) is 4.79 Å². The van der Waals surface area contributed by atoms with Gasteiger partial charge in [0.2, 0.25) is 0 Å². The Morgan fingerprint density at radius 1 is 1.29 bits per heavy atom. The van der Waals surface area contributed by atoms with E-state index >= 15 is 0 Å². The quantitative estimate of drug-likeness (QED) is 0.858. The topological polar surface area (TPSA) is 80.1 Å². The normalized spacial score (nSPS) is 21.4. The Labute approximate surface area is 123 Å². The molecule has 21 heavy (non-hydrogen) atoms. The largest absolute Gasteiger partial charge is 0.325 e. The molecule has 2 heterocycles. The van der Waals surface area contributed by atoms with Gasteiger partial charge in [0.05, 0.1) is 6.54 Å². The molecule has 1 saturated heterocycles. The molecule has 1 aliphatic heterocycles. The van der Waals surface area contributed by atoms with Gasteiger partial charge in [-0.15, -0.1) is 0 Å². The molecule has 3 rings (SSSR count). The van der Waals surface area contributed by atoms with Crippen molar-refractivity contribution in [3.05, 3.63) is 12.2 Å². The van der Waals surface area contributed by atoms with Gasteiger partial charge in [0.25, 0.3) is 5.91 Å². The van der Waals surface area contributed by atoms with Gasteiger partial charge in [-0.3, -0.25) is 10.1 Å². The number of urea groups is 1. The van der Waals surface area contributed by atoms with Gasteiger partial charge in [0, 0.05) is 6.04 Å². The third kappa shape index (κ3) is 2.20. The lowest BCUT2D eigenvalue weighted by molar-refractivity contribution is -0.128. The number of nitrogens with zero attached hydrogens (tertiary/aromatic N) is 4. The number of imide groups is 1. The van der Waals surface area contributed by atoms with E-state index in [4.69, 9.17) is 0 Å². The number of hydrogen-bond acceptors (Lipinski definition) is 4. The molecule has 7 heteroatoms. The van der Waals surface area contributed by atoms with E-state index in [2.05, 4.69) is 15.4 Å². The highest BCUT2D eigenvalue weighted by Gasteiger charge is 2.53. The molecule has 7 nitrogen and oxygen atoms in total. The fraction of sp³-hybridized carbons (Fsp3) is 0.714. The summed E-state index contributed by atoms with van der Waals surface area (Å²) in [6, 6.07) is -0.133. The number of hydrogen-bond donors (Lipinski definition) is 1. The molecule has 114 valence electrons. The number of nitrogens with one attached hydrogen (secondary N) is 1. The second-order valence-electron chi connectivity index (χ2n) is 6.15. The number of amides is 3. The first-order valence-electron chi connectivity index (χ1n) is 7.56. The Bertz CT molecular complexity index is 559. The van der Waals surface area contributed by atoms with E-state index in [0.717, 1.165) is 37.9 Å². The van der Waals surface area contributed by atoms with Crippen molar-refractivity contribution in [2.24, 2.45) is 0 Å². The van der Waals surface area contributed by atoms with Gasteiger partial charge in [-0.05, 0) is 26.7 Å². The molecular formula is C14H21N5O2. The molecule has 1 aliphatic carbocycles. The van der Waals surface area contributed by atoms with Gasteiger partial charge >= 0.3 is 6.03 Å². The molecule has 3 amide bonds. The molecule has 1 saturated carbocycles. The smallest absolute Gasteiger partial charge is 0.302 e. The summed E-state index contributed by atoms with van der Waals surface area (Å²) in [5, 5.41) is 6.68. The lowest BCUT2D eigenvalue weighted by Gasteiger charge is -2.38. The highest BCUT2D eigenvalue weighted by Crippen LogP contribution is 2.37. The first-order chi connectivity index (χ1) is 10.0. The summed E-state index contributed by atoms with van der Waals surface area (Å²) in [5.74, 6) is 0.572. The van der Waals surface area contributed by atoms with Crippen LogP contribution in [0.15, 0.2) is 6.33 Å². The summed E-state index contributed by atoms with van der Waals surface area (Å²) in [6.07, 6.45) is 6.06. The van der Waals surface area contributed by atoms with Crippen LogP contribution in [0.1, 0.15) is 57.8 Å². The second-order valence-corrected chi connectivity index (χ2v) is 6.15. The fourth-order valence-electron chi connectivity index (χ4n) is 3.41. The summed E-state index contributed by atoms with van der Waals surface area (Å²) in [6.45, 7) is 4.36. The monoisotopic (exact) mass is 291 g/mol. The molecule has 1 N–H and O–H groups in total. The summed E-state index contributed by atoms with van der Waals surface area (Å²) in [5.41, 5.74) is -0.677. The molecule has 1 spiro atoms. The van der Waals surface area contributed by atoms with E-state index < -0.39 is 5.54 Å². The lowest BCUT2D eigenvalue weighted by atomic mass is 9.80. The summed E-state index contributed by atoms with van der Waals surface area (Å²) in [7, 11) is 0. The van der Waals surface area contributed by atoms with Crippen LogP contribution < -0.4 is 5.32 Å². The Balaban J connectivity index is 1.90. The van der Waals surface area contributed by atoms with Crippen molar-refractivity contribution in [1.29, 1.82) is 0 Å². The maximum atomic E-state index is 12.3. The van der Waals surface area contributed by atoms with Crippen molar-refractivity contribution in [2.75, 3.05) is 0 Å². The number of carbonyl (C=O) groups excluding carboxylic acids is 2. The molecule has 2 fully saturated rings. The predicted molar refractivity (Wildman–Crippen MR) is 75.3 cm³/mol. The zero-order chi connectivity index (χ0) is 15.0. The van der Waals surface area contributed by atoms with Gasteiger partial charge in [0.1, 0.15) is 17.7 Å². The van der Waals surface area contributed by atoms with Crippen LogP contribution in [0.5, 0.6) is 0 Å². The van der Waals surface area contributed by atoms with Crippen LogP contribution in [0.25, 0.3) is 0 Å². The summed E-state index contributed by atoms with van der Waals surface area (Å²) in [4.78, 5) is 30.4. The van der Waals surface area contributed by atoms with Crippen molar-refractivity contribution in [2.45, 2.75) is 64.1 Å². The van der Waals surface area contributed by atoms with Gasteiger partial charge < -0.3 is 4.90 Å². The van der Waals surface area contributed by atoms with Gasteiger partial charge in [0.15, 0.2) is 0 Å². The van der Waals surface area contributed by atoms with E-state index in [-0.39, 0.29) is 18.0 Å². The second kappa shape index (κ2) is 5.13. The number of carbonyl (C=O) groups is 2. The summed E-state index contributed by atoms with van der Waals surface area (Å²) < 4.78 is 1.80. The first kappa shape index (κ1) is 14.0. The molecular weight excluding hydrogens is 270 g/mol. The zero-order valence-corrected chi connectivity index (χ0v) is 12.5.